The van der Waals surface area contributed by atoms with Gasteiger partial charge in [0.15, 0.2) is 0 Å². The second-order valence-corrected chi connectivity index (χ2v) is 5.34. The molecule has 0 radical (unpaired) electrons. The van der Waals surface area contributed by atoms with Crippen molar-refractivity contribution in [1.29, 1.82) is 0 Å². The summed E-state index contributed by atoms with van der Waals surface area (Å²) in [7, 11) is 0. The minimum atomic E-state index is -0.246. The number of esters is 1. The van der Waals surface area contributed by atoms with Crippen LogP contribution in [0.15, 0.2) is 18.2 Å². The molecule has 3 heteroatoms. The smallest absolute Gasteiger partial charge is 0.338 e. The molecule has 1 aliphatic rings. The lowest BCUT2D eigenvalue weighted by Gasteiger charge is -2.28. The van der Waals surface area contributed by atoms with Crippen LogP contribution in [0.3, 0.4) is 0 Å². The molecule has 0 saturated heterocycles. The van der Waals surface area contributed by atoms with Gasteiger partial charge in [-0.15, -0.1) is 0 Å². The van der Waals surface area contributed by atoms with Crippen molar-refractivity contribution in [3.63, 3.8) is 0 Å². The molecule has 98 valence electrons. The Labute approximate surface area is 108 Å². The lowest BCUT2D eigenvalue weighted by molar-refractivity contribution is 0.00481. The summed E-state index contributed by atoms with van der Waals surface area (Å²) in [4.78, 5) is 12.1. The van der Waals surface area contributed by atoms with Crippen LogP contribution in [-0.2, 0) is 4.74 Å². The van der Waals surface area contributed by atoms with Gasteiger partial charge in [0.05, 0.1) is 5.56 Å². The van der Waals surface area contributed by atoms with Crippen molar-refractivity contribution in [2.45, 2.75) is 45.6 Å². The summed E-state index contributed by atoms with van der Waals surface area (Å²) in [6.45, 7) is 4.08. The number of aryl methyl sites for hydroxylation is 1. The SMILES string of the molecule is Cc1cc(N)cc(C(=O)OC2CCCCC2C)c1. The summed E-state index contributed by atoms with van der Waals surface area (Å²) in [6.07, 6.45) is 4.58. The average molecular weight is 247 g/mol. The molecule has 2 unspecified atom stereocenters. The van der Waals surface area contributed by atoms with E-state index >= 15 is 0 Å². The number of ether oxygens (including phenoxy) is 1. The van der Waals surface area contributed by atoms with E-state index in [0.29, 0.717) is 17.2 Å². The Kier molecular flexibility index (Phi) is 3.90. The van der Waals surface area contributed by atoms with Crippen molar-refractivity contribution in [2.24, 2.45) is 5.92 Å². The number of nitrogen functional groups attached to an aromatic ring is 1. The Morgan fingerprint density at radius 2 is 2.00 bits per heavy atom. The summed E-state index contributed by atoms with van der Waals surface area (Å²) in [6, 6.07) is 5.36. The molecule has 3 nitrogen and oxygen atoms in total. The maximum atomic E-state index is 12.1. The van der Waals surface area contributed by atoms with Crippen molar-refractivity contribution < 1.29 is 9.53 Å². The Morgan fingerprint density at radius 3 is 2.67 bits per heavy atom. The molecule has 1 aromatic rings. The minimum Gasteiger partial charge on any atom is -0.458 e. The second-order valence-electron chi connectivity index (χ2n) is 5.34. The minimum absolute atomic E-state index is 0.0630. The molecule has 0 aliphatic heterocycles. The van der Waals surface area contributed by atoms with Crippen molar-refractivity contribution in [3.05, 3.63) is 29.3 Å². The number of carbonyl (C=O) groups is 1. The monoisotopic (exact) mass is 247 g/mol. The Balaban J connectivity index is 2.06. The molecule has 1 aromatic carbocycles. The van der Waals surface area contributed by atoms with E-state index in [1.165, 1.54) is 6.42 Å². The van der Waals surface area contributed by atoms with Crippen LogP contribution in [0, 0.1) is 12.8 Å². The van der Waals surface area contributed by atoms with Crippen molar-refractivity contribution in [3.8, 4) is 0 Å². The summed E-state index contributed by atoms with van der Waals surface area (Å²) in [5.74, 6) is 0.217. The van der Waals surface area contributed by atoms with Gasteiger partial charge in [0.1, 0.15) is 6.10 Å². The molecule has 2 rings (SSSR count). The molecule has 0 spiro atoms. The average Bonchev–Trinajstić information content (AvgIpc) is 2.31. The van der Waals surface area contributed by atoms with Crippen LogP contribution in [0.25, 0.3) is 0 Å². The van der Waals surface area contributed by atoms with Gasteiger partial charge in [-0.1, -0.05) is 13.3 Å². The molecule has 2 atom stereocenters. The highest BCUT2D eigenvalue weighted by molar-refractivity contribution is 5.90. The van der Waals surface area contributed by atoms with E-state index in [4.69, 9.17) is 10.5 Å². The maximum Gasteiger partial charge on any atom is 0.338 e. The van der Waals surface area contributed by atoms with Crippen molar-refractivity contribution in [2.75, 3.05) is 5.73 Å². The quantitative estimate of drug-likeness (QED) is 0.644. The van der Waals surface area contributed by atoms with Gasteiger partial charge >= 0.3 is 5.97 Å². The molecule has 1 saturated carbocycles. The van der Waals surface area contributed by atoms with Gasteiger partial charge in [0, 0.05) is 5.69 Å². The highest BCUT2D eigenvalue weighted by atomic mass is 16.5. The zero-order valence-electron chi connectivity index (χ0n) is 11.1. The summed E-state index contributed by atoms with van der Waals surface area (Å²) in [5.41, 5.74) is 7.91. The summed E-state index contributed by atoms with van der Waals surface area (Å²) < 4.78 is 5.61. The van der Waals surface area contributed by atoms with Gasteiger partial charge in [-0.05, 0) is 55.9 Å². The van der Waals surface area contributed by atoms with Crippen LogP contribution < -0.4 is 5.73 Å². The zero-order valence-corrected chi connectivity index (χ0v) is 11.1. The van der Waals surface area contributed by atoms with E-state index in [0.717, 1.165) is 24.8 Å². The molecule has 0 amide bonds. The molecule has 2 N–H and O–H groups in total. The van der Waals surface area contributed by atoms with E-state index in [9.17, 15) is 4.79 Å². The molecule has 1 fully saturated rings. The number of benzene rings is 1. The number of hydrogen-bond donors (Lipinski definition) is 1. The highest BCUT2D eigenvalue weighted by Crippen LogP contribution is 2.27. The molecule has 0 bridgehead atoms. The Hall–Kier alpha value is -1.51. The van der Waals surface area contributed by atoms with Gasteiger partial charge in [0.2, 0.25) is 0 Å². The number of nitrogens with two attached hydrogens (primary N) is 1. The van der Waals surface area contributed by atoms with Gasteiger partial charge in [-0.3, -0.25) is 0 Å². The summed E-state index contributed by atoms with van der Waals surface area (Å²) in [5, 5.41) is 0. The highest BCUT2D eigenvalue weighted by Gasteiger charge is 2.25. The fourth-order valence-electron chi connectivity index (χ4n) is 2.59. The first-order valence-corrected chi connectivity index (χ1v) is 6.64. The van der Waals surface area contributed by atoms with Crippen molar-refractivity contribution >= 4 is 11.7 Å². The molecule has 18 heavy (non-hydrogen) atoms. The fourth-order valence-corrected chi connectivity index (χ4v) is 2.59. The number of rotatable bonds is 2. The fraction of sp³-hybridized carbons (Fsp3) is 0.533. The van der Waals surface area contributed by atoms with Crippen LogP contribution in [0.2, 0.25) is 0 Å². The van der Waals surface area contributed by atoms with Gasteiger partial charge in [-0.2, -0.15) is 0 Å². The third kappa shape index (κ3) is 3.03. The second kappa shape index (κ2) is 5.42. The lowest BCUT2D eigenvalue weighted by Crippen LogP contribution is -2.28. The first-order valence-electron chi connectivity index (χ1n) is 6.64. The van der Waals surface area contributed by atoms with E-state index in [1.54, 1.807) is 6.07 Å². The van der Waals surface area contributed by atoms with Gasteiger partial charge < -0.3 is 10.5 Å². The topological polar surface area (TPSA) is 52.3 Å². The first kappa shape index (κ1) is 12.9. The van der Waals surface area contributed by atoms with E-state index in [1.807, 2.05) is 19.1 Å². The van der Waals surface area contributed by atoms with Crippen LogP contribution in [0.1, 0.15) is 48.5 Å². The normalized spacial score (nSPS) is 23.7. The molecule has 0 aromatic heterocycles. The number of anilines is 1. The van der Waals surface area contributed by atoms with Crippen LogP contribution in [0.5, 0.6) is 0 Å². The number of hydrogen-bond acceptors (Lipinski definition) is 3. The number of carbonyl (C=O) groups excluding carboxylic acids is 1. The van der Waals surface area contributed by atoms with Gasteiger partial charge in [0.25, 0.3) is 0 Å². The van der Waals surface area contributed by atoms with Crippen LogP contribution >= 0.6 is 0 Å². The van der Waals surface area contributed by atoms with E-state index in [-0.39, 0.29) is 12.1 Å². The maximum absolute atomic E-state index is 12.1. The predicted molar refractivity (Wildman–Crippen MR) is 72.4 cm³/mol. The van der Waals surface area contributed by atoms with Crippen LogP contribution in [0.4, 0.5) is 5.69 Å². The summed E-state index contributed by atoms with van der Waals surface area (Å²) >= 11 is 0. The lowest BCUT2D eigenvalue weighted by atomic mass is 9.88. The standard InChI is InChI=1S/C15H21NO2/c1-10-7-12(9-13(16)8-10)15(17)18-14-6-4-3-5-11(14)2/h7-9,11,14H,3-6,16H2,1-2H3. The Bertz CT molecular complexity index is 422. The van der Waals surface area contributed by atoms with E-state index in [2.05, 4.69) is 6.92 Å². The largest absolute Gasteiger partial charge is 0.458 e. The van der Waals surface area contributed by atoms with Crippen molar-refractivity contribution in [1.82, 2.24) is 0 Å². The molecular formula is C15H21NO2. The molecular weight excluding hydrogens is 226 g/mol. The third-order valence-electron chi connectivity index (χ3n) is 3.63. The third-order valence-corrected chi connectivity index (χ3v) is 3.63. The first-order chi connectivity index (χ1) is 8.56. The predicted octanol–water partition coefficient (Wildman–Crippen LogP) is 3.31. The molecule has 0 heterocycles. The van der Waals surface area contributed by atoms with Gasteiger partial charge in [-0.25, -0.2) is 4.79 Å². The molecule has 1 aliphatic carbocycles. The zero-order chi connectivity index (χ0) is 13.1. The van der Waals surface area contributed by atoms with E-state index < -0.39 is 0 Å². The Morgan fingerprint density at radius 1 is 1.28 bits per heavy atom. The van der Waals surface area contributed by atoms with Crippen LogP contribution in [-0.4, -0.2) is 12.1 Å².